The predicted molar refractivity (Wildman–Crippen MR) is 119 cm³/mol. The van der Waals surface area contributed by atoms with Gasteiger partial charge in [-0.05, 0) is 61.4 Å². The smallest absolute Gasteiger partial charge is 0.167 e. The maximum Gasteiger partial charge on any atom is 0.167 e. The molecule has 3 heteroatoms. The van der Waals surface area contributed by atoms with E-state index in [9.17, 15) is 9.90 Å². The maximum absolute atomic E-state index is 13.1. The fraction of sp³-hybridized carbons (Fsp3) is 0.400. The van der Waals surface area contributed by atoms with E-state index in [1.807, 2.05) is 0 Å². The SMILES string of the molecule is CCc1cc(C)cc(CC)c1C1=C(O)CC(CSc2ccc(C)cc2)CC1=O. The molecule has 0 spiro atoms. The number of carbonyl (C=O) groups excluding carboxylic acids is 1. The van der Waals surface area contributed by atoms with E-state index in [-0.39, 0.29) is 17.5 Å². The minimum Gasteiger partial charge on any atom is -0.512 e. The molecular weight excluding hydrogens is 364 g/mol. The monoisotopic (exact) mass is 394 g/mol. The number of aryl methyl sites for hydroxylation is 4. The topological polar surface area (TPSA) is 37.3 Å². The van der Waals surface area contributed by atoms with Crippen LogP contribution < -0.4 is 0 Å². The van der Waals surface area contributed by atoms with Crippen LogP contribution in [-0.2, 0) is 17.6 Å². The summed E-state index contributed by atoms with van der Waals surface area (Å²) < 4.78 is 0. The number of carbonyl (C=O) groups is 1. The Morgan fingerprint density at radius 3 is 2.11 bits per heavy atom. The molecule has 0 aromatic heterocycles. The number of thioether (sulfide) groups is 1. The quantitative estimate of drug-likeness (QED) is 0.571. The highest BCUT2D eigenvalue weighted by Crippen LogP contribution is 2.38. The second-order valence-electron chi connectivity index (χ2n) is 7.81. The van der Waals surface area contributed by atoms with Crippen LogP contribution in [0, 0.1) is 19.8 Å². The molecule has 1 N–H and O–H groups in total. The van der Waals surface area contributed by atoms with Gasteiger partial charge in [-0.15, -0.1) is 11.8 Å². The summed E-state index contributed by atoms with van der Waals surface area (Å²) in [5.41, 5.74) is 6.36. The van der Waals surface area contributed by atoms with E-state index < -0.39 is 0 Å². The lowest BCUT2D eigenvalue weighted by atomic mass is 9.80. The number of benzene rings is 2. The van der Waals surface area contributed by atoms with Crippen molar-refractivity contribution in [2.75, 3.05) is 5.75 Å². The Morgan fingerprint density at radius 2 is 1.57 bits per heavy atom. The summed E-state index contributed by atoms with van der Waals surface area (Å²) in [5, 5.41) is 10.9. The van der Waals surface area contributed by atoms with Crippen molar-refractivity contribution in [1.29, 1.82) is 0 Å². The van der Waals surface area contributed by atoms with Gasteiger partial charge in [0.1, 0.15) is 5.76 Å². The zero-order valence-electron chi connectivity index (χ0n) is 17.3. The van der Waals surface area contributed by atoms with Crippen molar-refractivity contribution in [3.05, 3.63) is 70.0 Å². The number of hydrogen-bond donors (Lipinski definition) is 1. The molecule has 28 heavy (non-hydrogen) atoms. The van der Waals surface area contributed by atoms with Crippen LogP contribution in [0.15, 0.2) is 47.1 Å². The lowest BCUT2D eigenvalue weighted by molar-refractivity contribution is -0.115. The van der Waals surface area contributed by atoms with Crippen molar-refractivity contribution < 1.29 is 9.90 Å². The lowest BCUT2D eigenvalue weighted by Gasteiger charge is -2.26. The Bertz CT molecular complexity index is 868. The third-order valence-electron chi connectivity index (χ3n) is 5.49. The largest absolute Gasteiger partial charge is 0.512 e. The molecule has 0 radical (unpaired) electrons. The van der Waals surface area contributed by atoms with Gasteiger partial charge in [-0.1, -0.05) is 49.2 Å². The van der Waals surface area contributed by atoms with Crippen LogP contribution >= 0.6 is 11.8 Å². The van der Waals surface area contributed by atoms with Gasteiger partial charge in [-0.3, -0.25) is 4.79 Å². The Balaban J connectivity index is 1.84. The zero-order chi connectivity index (χ0) is 20.3. The molecule has 0 amide bonds. The molecule has 3 rings (SSSR count). The van der Waals surface area contributed by atoms with Gasteiger partial charge in [0.25, 0.3) is 0 Å². The van der Waals surface area contributed by atoms with E-state index >= 15 is 0 Å². The summed E-state index contributed by atoms with van der Waals surface area (Å²) in [7, 11) is 0. The molecule has 2 aromatic carbocycles. The lowest BCUT2D eigenvalue weighted by Crippen LogP contribution is -2.22. The van der Waals surface area contributed by atoms with Gasteiger partial charge in [0.15, 0.2) is 5.78 Å². The van der Waals surface area contributed by atoms with Crippen LogP contribution in [0.2, 0.25) is 0 Å². The van der Waals surface area contributed by atoms with Gasteiger partial charge in [-0.25, -0.2) is 0 Å². The summed E-state index contributed by atoms with van der Waals surface area (Å²) >= 11 is 1.77. The van der Waals surface area contributed by atoms with Crippen LogP contribution in [0.25, 0.3) is 5.57 Å². The molecular formula is C25H30O2S. The van der Waals surface area contributed by atoms with E-state index in [1.54, 1.807) is 11.8 Å². The molecule has 0 heterocycles. The van der Waals surface area contributed by atoms with Crippen molar-refractivity contribution in [3.8, 4) is 0 Å². The van der Waals surface area contributed by atoms with Gasteiger partial charge in [0.05, 0.1) is 5.57 Å². The summed E-state index contributed by atoms with van der Waals surface area (Å²) in [5.74, 6) is 1.40. The number of hydrogen-bond acceptors (Lipinski definition) is 3. The van der Waals surface area contributed by atoms with E-state index in [2.05, 4.69) is 64.1 Å². The maximum atomic E-state index is 13.1. The average molecular weight is 395 g/mol. The summed E-state index contributed by atoms with van der Waals surface area (Å²) in [6.45, 7) is 8.41. The first-order valence-electron chi connectivity index (χ1n) is 10.2. The number of Topliss-reactive ketones (excluding diaryl/α,β-unsaturated/α-hetero) is 1. The molecule has 1 aliphatic rings. The fourth-order valence-corrected chi connectivity index (χ4v) is 5.04. The van der Waals surface area contributed by atoms with Gasteiger partial charge < -0.3 is 5.11 Å². The van der Waals surface area contributed by atoms with E-state index in [0.717, 1.165) is 24.2 Å². The number of ketones is 1. The summed E-state index contributed by atoms with van der Waals surface area (Å²) in [4.78, 5) is 14.3. The standard InChI is InChI=1S/C25H30O2S/c1-5-19-11-17(4)12-20(6-2)24(19)25-22(26)13-18(14-23(25)27)15-28-21-9-7-16(3)8-10-21/h7-12,18,26H,5-6,13-15H2,1-4H3. The third kappa shape index (κ3) is 4.52. The minimum absolute atomic E-state index is 0.0894. The average Bonchev–Trinajstić information content (AvgIpc) is 2.67. The first-order chi connectivity index (χ1) is 13.4. The minimum atomic E-state index is 0.0894. The van der Waals surface area contributed by atoms with Gasteiger partial charge in [-0.2, -0.15) is 0 Å². The molecule has 2 aromatic rings. The highest BCUT2D eigenvalue weighted by molar-refractivity contribution is 7.99. The summed E-state index contributed by atoms with van der Waals surface area (Å²) in [6, 6.07) is 12.8. The van der Waals surface area contributed by atoms with Gasteiger partial charge in [0.2, 0.25) is 0 Å². The predicted octanol–water partition coefficient (Wildman–Crippen LogP) is 6.47. The zero-order valence-corrected chi connectivity index (χ0v) is 18.2. The van der Waals surface area contributed by atoms with E-state index in [0.29, 0.717) is 18.4 Å². The van der Waals surface area contributed by atoms with Crippen molar-refractivity contribution >= 4 is 23.1 Å². The van der Waals surface area contributed by atoms with Crippen LogP contribution in [0.5, 0.6) is 0 Å². The Kier molecular flexibility index (Phi) is 6.66. The second kappa shape index (κ2) is 9.00. The highest BCUT2D eigenvalue weighted by atomic mass is 32.2. The number of aliphatic hydroxyl groups is 1. The van der Waals surface area contributed by atoms with Gasteiger partial charge in [0, 0.05) is 23.5 Å². The molecule has 148 valence electrons. The van der Waals surface area contributed by atoms with Gasteiger partial charge >= 0.3 is 0 Å². The summed E-state index contributed by atoms with van der Waals surface area (Å²) in [6.07, 6.45) is 2.82. The van der Waals surface area contributed by atoms with Crippen LogP contribution in [0.3, 0.4) is 0 Å². The van der Waals surface area contributed by atoms with Crippen molar-refractivity contribution in [2.24, 2.45) is 5.92 Å². The Hall–Kier alpha value is -2.00. The molecule has 0 aliphatic heterocycles. The molecule has 0 saturated heterocycles. The first kappa shape index (κ1) is 20.7. The molecule has 1 aliphatic carbocycles. The molecule has 2 nitrogen and oxygen atoms in total. The molecule has 0 saturated carbocycles. The molecule has 1 atom stereocenters. The number of aliphatic hydroxyl groups excluding tert-OH is 1. The molecule has 0 bridgehead atoms. The normalized spacial score (nSPS) is 17.3. The Labute approximate surface area is 173 Å². The van der Waals surface area contributed by atoms with E-state index in [1.165, 1.54) is 27.1 Å². The second-order valence-corrected chi connectivity index (χ2v) is 8.90. The van der Waals surface area contributed by atoms with Crippen molar-refractivity contribution in [1.82, 2.24) is 0 Å². The van der Waals surface area contributed by atoms with Crippen molar-refractivity contribution in [3.63, 3.8) is 0 Å². The van der Waals surface area contributed by atoms with E-state index in [4.69, 9.17) is 0 Å². The molecule has 1 unspecified atom stereocenters. The van der Waals surface area contributed by atoms with Crippen LogP contribution in [0.4, 0.5) is 0 Å². The molecule has 0 fully saturated rings. The number of allylic oxidation sites excluding steroid dienone is 2. The van der Waals surface area contributed by atoms with Crippen LogP contribution in [0.1, 0.15) is 54.5 Å². The fourth-order valence-electron chi connectivity index (χ4n) is 4.04. The highest BCUT2D eigenvalue weighted by Gasteiger charge is 2.30. The first-order valence-corrected chi connectivity index (χ1v) is 11.2. The van der Waals surface area contributed by atoms with Crippen LogP contribution in [-0.4, -0.2) is 16.6 Å². The number of rotatable bonds is 6. The van der Waals surface area contributed by atoms with Crippen molar-refractivity contribution in [2.45, 2.75) is 58.3 Å². The Morgan fingerprint density at radius 1 is 0.964 bits per heavy atom. The third-order valence-corrected chi connectivity index (χ3v) is 6.73.